The Balaban J connectivity index is 0. The molecule has 0 aromatic carbocycles. The van der Waals surface area contributed by atoms with E-state index in [4.69, 9.17) is 0 Å². The minimum atomic E-state index is -0.429. The van der Waals surface area contributed by atoms with Gasteiger partial charge in [-0.2, -0.15) is 5.06 Å². The molecule has 0 unspecified atom stereocenters. The lowest BCUT2D eigenvalue weighted by molar-refractivity contribution is -1.16. The van der Waals surface area contributed by atoms with Crippen LogP contribution in [0.4, 0.5) is 0 Å². The number of nitrogens with zero attached hydrogens (tertiary/aromatic N) is 1. The van der Waals surface area contributed by atoms with Gasteiger partial charge in [0.05, 0.1) is 12.2 Å². The van der Waals surface area contributed by atoms with Gasteiger partial charge in [0.2, 0.25) is 11.1 Å². The minimum absolute atomic E-state index is 0. The van der Waals surface area contributed by atoms with Crippen molar-refractivity contribution in [2.75, 3.05) is 0 Å². The average molecular weight is 418 g/mol. The Morgan fingerprint density at radius 3 is 1.35 bits per heavy atom. The number of piperidine rings is 2. The molecule has 0 spiro atoms. The average Bonchev–Trinajstić information content (AvgIpc) is 2.31. The van der Waals surface area contributed by atoms with E-state index in [2.05, 4.69) is 0 Å². The fourth-order valence-electron chi connectivity index (χ4n) is 4.57. The Kier molecular flexibility index (Phi) is 9.79. The highest BCUT2D eigenvalue weighted by Gasteiger charge is 2.53. The molecule has 4 N–H and O–H groups in total. The van der Waals surface area contributed by atoms with Crippen LogP contribution in [0.5, 0.6) is 0 Å². The summed E-state index contributed by atoms with van der Waals surface area (Å²) in [6.07, 6.45) is 1.87. The van der Waals surface area contributed by atoms with Crippen LogP contribution in [0.15, 0.2) is 0 Å². The Morgan fingerprint density at radius 2 is 1.04 bits per heavy atom. The van der Waals surface area contributed by atoms with Crippen LogP contribution in [0.3, 0.4) is 0 Å². The van der Waals surface area contributed by atoms with Crippen LogP contribution in [-0.4, -0.2) is 54.5 Å². The smallest absolute Gasteiger partial charge is 0.208 e. The number of aliphatic hydroxyl groups is 2. The van der Waals surface area contributed by atoms with Gasteiger partial charge in [-0.3, -0.25) is 0 Å². The second kappa shape index (κ2) is 9.01. The van der Waals surface area contributed by atoms with E-state index in [9.17, 15) is 20.3 Å². The summed E-state index contributed by atoms with van der Waals surface area (Å²) in [7, 11) is 0. The van der Waals surface area contributed by atoms with Gasteiger partial charge in [0, 0.05) is 63.0 Å². The summed E-state index contributed by atoms with van der Waals surface area (Å²) in [6.45, 7) is 15.4. The number of halogens is 2. The van der Waals surface area contributed by atoms with Crippen LogP contribution in [0.1, 0.15) is 81.1 Å². The van der Waals surface area contributed by atoms with E-state index in [1.807, 2.05) is 55.4 Å². The van der Waals surface area contributed by atoms with Crippen molar-refractivity contribution in [3.8, 4) is 0 Å². The molecule has 158 valence electrons. The first-order chi connectivity index (χ1) is 10.5. The molecule has 2 fully saturated rings. The first-order valence-corrected chi connectivity index (χ1v) is 8.92. The number of hydrogen-bond donors (Lipinski definition) is 4. The molecule has 2 aliphatic heterocycles. The van der Waals surface area contributed by atoms with Crippen molar-refractivity contribution in [3.05, 3.63) is 4.91 Å². The van der Waals surface area contributed by atoms with Crippen LogP contribution in [-0.2, 0) is 0 Å². The van der Waals surface area contributed by atoms with Crippen molar-refractivity contribution in [1.82, 2.24) is 0 Å². The fraction of sp³-hybridized carbons (Fsp3) is 1.00. The maximum Gasteiger partial charge on any atom is 0.208 e. The Morgan fingerprint density at radius 1 is 0.769 bits per heavy atom. The maximum atomic E-state index is 11.7. The fourth-order valence-corrected chi connectivity index (χ4v) is 4.57. The molecule has 0 aromatic heterocycles. The lowest BCUT2D eigenvalue weighted by Crippen LogP contribution is -3.25. The van der Waals surface area contributed by atoms with Crippen LogP contribution in [0.25, 0.3) is 0 Å². The number of quaternary nitrogens is 1. The van der Waals surface area contributed by atoms with E-state index >= 15 is 0 Å². The minimum Gasteiger partial charge on any atom is -1.00 e. The molecule has 2 aliphatic rings. The van der Waals surface area contributed by atoms with E-state index in [1.54, 1.807) is 0 Å². The van der Waals surface area contributed by atoms with Gasteiger partial charge in [-0.15, -0.1) is 12.4 Å². The third kappa shape index (κ3) is 6.57. The van der Waals surface area contributed by atoms with Crippen molar-refractivity contribution < 1.29 is 37.7 Å². The quantitative estimate of drug-likeness (QED) is 0.376. The molecule has 0 aliphatic carbocycles. The first-order valence-electron chi connectivity index (χ1n) is 8.92. The summed E-state index contributed by atoms with van der Waals surface area (Å²) in [5, 5.41) is 29.5. The van der Waals surface area contributed by atoms with Gasteiger partial charge in [0.25, 0.3) is 0 Å². The summed E-state index contributed by atoms with van der Waals surface area (Å²) in [5.41, 5.74) is -1.33. The molecule has 2 heterocycles. The highest BCUT2D eigenvalue weighted by Crippen LogP contribution is 2.33. The number of nitroso groups, excluding NO2 is 1. The first kappa shape index (κ1) is 28.2. The van der Waals surface area contributed by atoms with E-state index in [-0.39, 0.29) is 48.1 Å². The summed E-state index contributed by atoms with van der Waals surface area (Å²) in [5.74, 6) is 0. The van der Waals surface area contributed by atoms with Crippen molar-refractivity contribution in [2.24, 2.45) is 0 Å². The summed E-state index contributed by atoms with van der Waals surface area (Å²) >= 11 is 0. The van der Waals surface area contributed by atoms with Crippen LogP contribution in [0, 0.1) is 4.91 Å². The largest absolute Gasteiger partial charge is 1.00 e. The molecule has 0 saturated carbocycles. The third-order valence-corrected chi connectivity index (χ3v) is 5.34. The van der Waals surface area contributed by atoms with Crippen molar-refractivity contribution >= 4 is 12.4 Å². The molecule has 8 heteroatoms. The van der Waals surface area contributed by atoms with E-state index in [0.717, 1.165) is 4.76 Å². The molecule has 0 radical (unpaired) electrons. The van der Waals surface area contributed by atoms with Gasteiger partial charge in [0.15, 0.2) is 0 Å². The van der Waals surface area contributed by atoms with Gasteiger partial charge < -0.3 is 22.6 Å². The van der Waals surface area contributed by atoms with E-state index < -0.39 is 11.1 Å². The molecule has 0 bridgehead atoms. The lowest BCUT2D eigenvalue weighted by Gasteiger charge is -2.45. The molecular formula is C18H39Cl2N2O4+. The molecule has 0 amide bonds. The van der Waals surface area contributed by atoms with Crippen LogP contribution >= 0.6 is 12.4 Å². The topological polar surface area (TPSA) is 85.2 Å². The number of hydroxylamine groups is 2. The Hall–Kier alpha value is 0.0200. The molecular weight excluding hydrogens is 379 g/mol. The van der Waals surface area contributed by atoms with Crippen LogP contribution in [0.2, 0.25) is 0 Å². The number of nitrogens with one attached hydrogen (secondary N) is 1. The number of aliphatic hydroxyl groups excluding tert-OH is 2. The summed E-state index contributed by atoms with van der Waals surface area (Å²) < 4.78 is 1.12. The molecule has 0 atom stereocenters. The predicted molar refractivity (Wildman–Crippen MR) is 100 cm³/mol. The SMILES string of the molecule is CC1(C)CC(O)CC(C)(C)[N+]1=O.CC1(C)CC(O)CC(C)(C)[NH+]1O.Cl.[Cl-]. The van der Waals surface area contributed by atoms with Crippen molar-refractivity contribution in [1.29, 1.82) is 0 Å². The highest BCUT2D eigenvalue weighted by molar-refractivity contribution is 5.85. The van der Waals surface area contributed by atoms with Gasteiger partial charge in [-0.05, 0) is 27.7 Å². The second-order valence-corrected chi connectivity index (χ2v) is 10.2. The molecule has 26 heavy (non-hydrogen) atoms. The second-order valence-electron chi connectivity index (χ2n) is 10.2. The van der Waals surface area contributed by atoms with Crippen LogP contribution < -0.4 is 17.5 Å². The lowest BCUT2D eigenvalue weighted by atomic mass is 9.80. The monoisotopic (exact) mass is 417 g/mol. The highest BCUT2D eigenvalue weighted by atomic mass is 35.5. The van der Waals surface area contributed by atoms with Gasteiger partial charge in [-0.1, -0.05) is 0 Å². The zero-order valence-electron chi connectivity index (χ0n) is 17.5. The standard InChI is InChI=1S/C9H19NO2.C9H18NO2.2ClH/c2*1-8(2)5-7(11)6-9(3,4)10(8)12;;/h7,11-12H,5-6H2,1-4H3;7,11H,5-6H2,1-4H3;2*1H/q;+1;;. The van der Waals surface area contributed by atoms with Gasteiger partial charge in [-0.25, -0.2) is 5.21 Å². The molecule has 2 rings (SSSR count). The van der Waals surface area contributed by atoms with Gasteiger partial charge >= 0.3 is 0 Å². The number of hydrogen-bond acceptors (Lipinski definition) is 4. The summed E-state index contributed by atoms with van der Waals surface area (Å²) in [6, 6.07) is 0. The van der Waals surface area contributed by atoms with Crippen molar-refractivity contribution in [2.45, 2.75) is 115 Å². The van der Waals surface area contributed by atoms with E-state index in [1.165, 1.54) is 0 Å². The third-order valence-electron chi connectivity index (χ3n) is 5.34. The zero-order chi connectivity index (χ0) is 19.1. The molecule has 2 saturated heterocycles. The number of rotatable bonds is 0. The van der Waals surface area contributed by atoms with Crippen molar-refractivity contribution in [3.63, 3.8) is 0 Å². The predicted octanol–water partition coefficient (Wildman–Crippen LogP) is -1.12. The Bertz CT molecular complexity index is 444. The van der Waals surface area contributed by atoms with E-state index in [0.29, 0.717) is 30.7 Å². The van der Waals surface area contributed by atoms with Gasteiger partial charge in [0.1, 0.15) is 11.1 Å². The summed E-state index contributed by atoms with van der Waals surface area (Å²) in [4.78, 5) is 11.7. The molecule has 0 aromatic rings. The Labute approximate surface area is 170 Å². The molecule has 6 nitrogen and oxygen atoms in total. The zero-order valence-corrected chi connectivity index (χ0v) is 19.0. The maximum absolute atomic E-state index is 11.7. The normalized spacial score (nSPS) is 31.6.